The first kappa shape index (κ1) is 15.9. The summed E-state index contributed by atoms with van der Waals surface area (Å²) in [5.41, 5.74) is 0.510. The van der Waals surface area contributed by atoms with Gasteiger partial charge in [-0.15, -0.1) is 0 Å². The Kier molecular flexibility index (Phi) is 5.31. The van der Waals surface area contributed by atoms with E-state index in [1.54, 1.807) is 28.0 Å². The molecule has 0 unspecified atom stereocenters. The number of nitrogens with one attached hydrogen (secondary N) is 1. The second-order valence-corrected chi connectivity index (χ2v) is 5.56. The molecular formula is C14H17Cl2N3O2. The summed E-state index contributed by atoms with van der Waals surface area (Å²) in [6, 6.07) is 4.76. The van der Waals surface area contributed by atoms with Gasteiger partial charge in [0.15, 0.2) is 0 Å². The number of rotatable bonds is 2. The van der Waals surface area contributed by atoms with Gasteiger partial charge in [0, 0.05) is 38.3 Å². The third-order valence-electron chi connectivity index (χ3n) is 3.35. The molecule has 21 heavy (non-hydrogen) atoms. The maximum absolute atomic E-state index is 12.4. The van der Waals surface area contributed by atoms with Crippen molar-refractivity contribution in [3.8, 4) is 0 Å². The molecule has 1 aromatic rings. The van der Waals surface area contributed by atoms with E-state index in [1.165, 1.54) is 0 Å². The Labute approximate surface area is 133 Å². The molecule has 1 aliphatic heterocycles. The van der Waals surface area contributed by atoms with Crippen LogP contribution in [0, 0.1) is 0 Å². The summed E-state index contributed by atoms with van der Waals surface area (Å²) in [6.07, 6.45) is 0. The normalized spacial score (nSPS) is 15.0. The highest BCUT2D eigenvalue weighted by Gasteiger charge is 2.24. The van der Waals surface area contributed by atoms with Crippen LogP contribution in [-0.2, 0) is 0 Å². The van der Waals surface area contributed by atoms with E-state index in [1.807, 2.05) is 6.92 Å². The van der Waals surface area contributed by atoms with E-state index >= 15 is 0 Å². The second-order valence-electron chi connectivity index (χ2n) is 4.74. The molecule has 0 radical (unpaired) electrons. The zero-order chi connectivity index (χ0) is 15.4. The fourth-order valence-corrected chi connectivity index (χ4v) is 2.49. The maximum atomic E-state index is 12.4. The summed E-state index contributed by atoms with van der Waals surface area (Å²) in [4.78, 5) is 27.5. The molecule has 5 nitrogen and oxygen atoms in total. The zero-order valence-electron chi connectivity index (χ0n) is 11.7. The van der Waals surface area contributed by atoms with E-state index in [2.05, 4.69) is 5.32 Å². The summed E-state index contributed by atoms with van der Waals surface area (Å²) < 4.78 is 0. The number of amides is 3. The maximum Gasteiger partial charge on any atom is 0.317 e. The minimum atomic E-state index is -0.0934. The van der Waals surface area contributed by atoms with Crippen LogP contribution in [0.3, 0.4) is 0 Å². The second kappa shape index (κ2) is 7.00. The van der Waals surface area contributed by atoms with E-state index in [4.69, 9.17) is 23.2 Å². The van der Waals surface area contributed by atoms with Crippen LogP contribution in [-0.4, -0.2) is 54.5 Å². The smallest absolute Gasteiger partial charge is 0.317 e. The van der Waals surface area contributed by atoms with Gasteiger partial charge >= 0.3 is 6.03 Å². The summed E-state index contributed by atoms with van der Waals surface area (Å²) >= 11 is 11.8. The van der Waals surface area contributed by atoms with E-state index < -0.39 is 0 Å². The van der Waals surface area contributed by atoms with Gasteiger partial charge in [-0.3, -0.25) is 4.79 Å². The van der Waals surface area contributed by atoms with Crippen molar-refractivity contribution in [2.45, 2.75) is 6.92 Å². The van der Waals surface area contributed by atoms with Gasteiger partial charge in [0.1, 0.15) is 0 Å². The van der Waals surface area contributed by atoms with Gasteiger partial charge < -0.3 is 15.1 Å². The molecular weight excluding hydrogens is 313 g/mol. The summed E-state index contributed by atoms with van der Waals surface area (Å²) in [6.45, 7) is 4.55. The van der Waals surface area contributed by atoms with Gasteiger partial charge in [0.25, 0.3) is 5.91 Å². The highest BCUT2D eigenvalue weighted by molar-refractivity contribution is 6.42. The molecule has 1 aliphatic rings. The average Bonchev–Trinajstić information content (AvgIpc) is 2.50. The van der Waals surface area contributed by atoms with E-state index in [-0.39, 0.29) is 11.9 Å². The minimum absolute atomic E-state index is 0.0841. The highest BCUT2D eigenvalue weighted by Crippen LogP contribution is 2.23. The quantitative estimate of drug-likeness (QED) is 0.906. The van der Waals surface area contributed by atoms with Crippen LogP contribution in [0.15, 0.2) is 18.2 Å². The third-order valence-corrected chi connectivity index (χ3v) is 4.09. The molecule has 7 heteroatoms. The van der Waals surface area contributed by atoms with Crippen LogP contribution in [0.2, 0.25) is 10.0 Å². The molecule has 0 spiro atoms. The van der Waals surface area contributed by atoms with Crippen LogP contribution in [0.25, 0.3) is 0 Å². The monoisotopic (exact) mass is 329 g/mol. The third kappa shape index (κ3) is 3.80. The van der Waals surface area contributed by atoms with E-state index in [0.717, 1.165) is 0 Å². The molecule has 0 atom stereocenters. The number of halogens is 2. The lowest BCUT2D eigenvalue weighted by atomic mass is 10.2. The van der Waals surface area contributed by atoms with E-state index in [9.17, 15) is 9.59 Å². The molecule has 1 N–H and O–H groups in total. The number of piperazine rings is 1. The average molecular weight is 330 g/mol. The first-order chi connectivity index (χ1) is 10.0. The summed E-state index contributed by atoms with van der Waals surface area (Å²) in [5.74, 6) is -0.0934. The molecule has 1 aromatic carbocycles. The Hall–Kier alpha value is -1.46. The Balaban J connectivity index is 1.97. The molecule has 1 fully saturated rings. The fourth-order valence-electron chi connectivity index (χ4n) is 2.19. The number of urea groups is 1. The van der Waals surface area contributed by atoms with Crippen molar-refractivity contribution >= 4 is 35.1 Å². The topological polar surface area (TPSA) is 52.7 Å². The Morgan fingerprint density at radius 2 is 1.71 bits per heavy atom. The van der Waals surface area contributed by atoms with Gasteiger partial charge in [-0.25, -0.2) is 4.79 Å². The molecule has 0 saturated carbocycles. The van der Waals surface area contributed by atoms with Crippen LogP contribution >= 0.6 is 23.2 Å². The van der Waals surface area contributed by atoms with Crippen LogP contribution < -0.4 is 5.32 Å². The minimum Gasteiger partial charge on any atom is -0.338 e. The molecule has 0 bridgehead atoms. The molecule has 2 rings (SSSR count). The van der Waals surface area contributed by atoms with Crippen molar-refractivity contribution in [1.29, 1.82) is 0 Å². The number of hydrogen-bond donors (Lipinski definition) is 1. The molecule has 3 amide bonds. The molecule has 0 aromatic heterocycles. The predicted molar refractivity (Wildman–Crippen MR) is 83.0 cm³/mol. The summed E-state index contributed by atoms with van der Waals surface area (Å²) in [7, 11) is 0. The lowest BCUT2D eigenvalue weighted by Gasteiger charge is -2.34. The van der Waals surface area contributed by atoms with Crippen molar-refractivity contribution in [3.63, 3.8) is 0 Å². The van der Waals surface area contributed by atoms with Crippen molar-refractivity contribution in [1.82, 2.24) is 15.1 Å². The summed E-state index contributed by atoms with van der Waals surface area (Å²) in [5, 5.41) is 3.55. The molecule has 1 heterocycles. The Morgan fingerprint density at radius 3 is 2.29 bits per heavy atom. The van der Waals surface area contributed by atoms with Crippen molar-refractivity contribution < 1.29 is 9.59 Å². The molecule has 114 valence electrons. The SMILES string of the molecule is CCNC(=O)N1CCN(C(=O)c2ccc(Cl)c(Cl)c2)CC1. The number of nitrogens with zero attached hydrogens (tertiary/aromatic N) is 2. The Bertz CT molecular complexity index is 543. The molecule has 1 saturated heterocycles. The van der Waals surface area contributed by atoms with E-state index in [0.29, 0.717) is 48.3 Å². The van der Waals surface area contributed by atoms with Crippen molar-refractivity contribution in [3.05, 3.63) is 33.8 Å². The first-order valence-corrected chi connectivity index (χ1v) is 7.55. The lowest BCUT2D eigenvalue weighted by Crippen LogP contribution is -2.53. The van der Waals surface area contributed by atoms with Crippen LogP contribution in [0.1, 0.15) is 17.3 Å². The van der Waals surface area contributed by atoms with Gasteiger partial charge in [-0.2, -0.15) is 0 Å². The van der Waals surface area contributed by atoms with Gasteiger partial charge in [-0.05, 0) is 25.1 Å². The number of carbonyl (C=O) groups excluding carboxylic acids is 2. The number of benzene rings is 1. The molecule has 0 aliphatic carbocycles. The van der Waals surface area contributed by atoms with Gasteiger partial charge in [-0.1, -0.05) is 23.2 Å². The predicted octanol–water partition coefficient (Wildman–Crippen LogP) is 2.48. The largest absolute Gasteiger partial charge is 0.338 e. The van der Waals surface area contributed by atoms with Crippen molar-refractivity contribution in [2.75, 3.05) is 32.7 Å². The number of carbonyl (C=O) groups is 2. The van der Waals surface area contributed by atoms with Crippen LogP contribution in [0.4, 0.5) is 4.79 Å². The number of hydrogen-bond acceptors (Lipinski definition) is 2. The highest BCUT2D eigenvalue weighted by atomic mass is 35.5. The lowest BCUT2D eigenvalue weighted by molar-refractivity contribution is 0.0665. The standard InChI is InChI=1S/C14H17Cl2N3O2/c1-2-17-14(21)19-7-5-18(6-8-19)13(20)10-3-4-11(15)12(16)9-10/h3-4,9H,2,5-8H2,1H3,(H,17,21). The fraction of sp³-hybridized carbons (Fsp3) is 0.429. The van der Waals surface area contributed by atoms with Gasteiger partial charge in [0.05, 0.1) is 10.0 Å². The first-order valence-electron chi connectivity index (χ1n) is 6.80. The Morgan fingerprint density at radius 1 is 1.10 bits per heavy atom. The van der Waals surface area contributed by atoms with Crippen molar-refractivity contribution in [2.24, 2.45) is 0 Å². The zero-order valence-corrected chi connectivity index (χ0v) is 13.2. The van der Waals surface area contributed by atoms with Gasteiger partial charge in [0.2, 0.25) is 0 Å². The van der Waals surface area contributed by atoms with Crippen LogP contribution in [0.5, 0.6) is 0 Å².